The number of amides is 4. The molecule has 0 aliphatic carbocycles. The molecule has 1 aliphatic heterocycles. The Morgan fingerprint density at radius 1 is 0.903 bits per heavy atom. The van der Waals surface area contributed by atoms with Crippen LogP contribution < -0.4 is 20.3 Å². The molecule has 1 saturated heterocycles. The van der Waals surface area contributed by atoms with Gasteiger partial charge in [-0.25, -0.2) is 9.69 Å². The topological polar surface area (TPSA) is 87.7 Å². The van der Waals surface area contributed by atoms with Crippen LogP contribution in [0.4, 0.5) is 16.2 Å². The van der Waals surface area contributed by atoms with Crippen molar-refractivity contribution in [2.75, 3.05) is 16.8 Å². The zero-order chi connectivity index (χ0) is 21.6. The lowest BCUT2D eigenvalue weighted by molar-refractivity contribution is -0.118. The number of anilines is 2. The number of benzene rings is 3. The van der Waals surface area contributed by atoms with Crippen molar-refractivity contribution < 1.29 is 19.1 Å². The maximum Gasteiger partial charge on any atom is 0.333 e. The van der Waals surface area contributed by atoms with E-state index in [2.05, 4.69) is 10.6 Å². The Bertz CT molecular complexity index is 1130. The van der Waals surface area contributed by atoms with Crippen LogP contribution in [0.5, 0.6) is 5.75 Å². The third-order valence-electron chi connectivity index (χ3n) is 4.51. The van der Waals surface area contributed by atoms with Crippen molar-refractivity contribution in [3.05, 3.63) is 96.2 Å². The highest BCUT2D eigenvalue weighted by Crippen LogP contribution is 2.22. The molecular weight excluding hydrogens is 394 g/mol. The number of nitrogens with zero attached hydrogens (tertiary/aromatic N) is 1. The van der Waals surface area contributed by atoms with Gasteiger partial charge in [-0.1, -0.05) is 48.5 Å². The van der Waals surface area contributed by atoms with E-state index in [0.29, 0.717) is 22.7 Å². The summed E-state index contributed by atoms with van der Waals surface area (Å²) in [6.07, 6.45) is 1.59. The molecular formula is C24H19N3O4. The smallest absolute Gasteiger partial charge is 0.333 e. The molecule has 31 heavy (non-hydrogen) atoms. The summed E-state index contributed by atoms with van der Waals surface area (Å²) in [6, 6.07) is 24.2. The highest BCUT2D eigenvalue weighted by Gasteiger charge is 2.34. The van der Waals surface area contributed by atoms with Gasteiger partial charge in [-0.3, -0.25) is 9.59 Å². The van der Waals surface area contributed by atoms with E-state index in [1.54, 1.807) is 66.7 Å². The Morgan fingerprint density at radius 2 is 1.55 bits per heavy atom. The van der Waals surface area contributed by atoms with Crippen molar-refractivity contribution in [3.63, 3.8) is 0 Å². The molecule has 0 aromatic heterocycles. The van der Waals surface area contributed by atoms with Gasteiger partial charge in [0.2, 0.25) is 0 Å². The van der Waals surface area contributed by atoms with Gasteiger partial charge in [0.1, 0.15) is 11.4 Å². The van der Waals surface area contributed by atoms with Gasteiger partial charge in [0.15, 0.2) is 6.61 Å². The molecule has 0 unspecified atom stereocenters. The molecule has 0 radical (unpaired) electrons. The number of hydrogen-bond acceptors (Lipinski definition) is 4. The number of carbonyl (C=O) groups excluding carboxylic acids is 3. The van der Waals surface area contributed by atoms with Crippen LogP contribution in [0.25, 0.3) is 6.08 Å². The lowest BCUT2D eigenvalue weighted by Crippen LogP contribution is -2.30. The van der Waals surface area contributed by atoms with Gasteiger partial charge in [0.25, 0.3) is 11.8 Å². The molecule has 1 heterocycles. The van der Waals surface area contributed by atoms with E-state index in [-0.39, 0.29) is 18.2 Å². The van der Waals surface area contributed by atoms with E-state index >= 15 is 0 Å². The van der Waals surface area contributed by atoms with E-state index in [1.165, 1.54) is 0 Å². The minimum Gasteiger partial charge on any atom is -0.484 e. The first-order valence-electron chi connectivity index (χ1n) is 9.60. The summed E-state index contributed by atoms with van der Waals surface area (Å²) in [5.74, 6) is -0.176. The molecule has 7 nitrogen and oxygen atoms in total. The molecule has 1 aliphatic rings. The summed E-state index contributed by atoms with van der Waals surface area (Å²) in [5, 5.41) is 5.34. The number of carbonyl (C=O) groups is 3. The zero-order valence-corrected chi connectivity index (χ0v) is 16.4. The standard InChI is InChI=1S/C24H19N3O4/c28-22(25-18-7-3-1-4-8-18)16-31-20-13-11-17(12-14-20)15-21-23(29)27(24(30)26-21)19-9-5-2-6-10-19/h1-15H,16H2,(H,25,28)(H,26,30)/b21-15-. The Kier molecular flexibility index (Phi) is 5.75. The van der Waals surface area contributed by atoms with Gasteiger partial charge in [-0.05, 0) is 48.0 Å². The van der Waals surface area contributed by atoms with Crippen molar-refractivity contribution in [3.8, 4) is 5.75 Å². The maximum atomic E-state index is 12.6. The van der Waals surface area contributed by atoms with Crippen LogP contribution in [0, 0.1) is 0 Å². The molecule has 0 spiro atoms. The fourth-order valence-electron chi connectivity index (χ4n) is 3.04. The third kappa shape index (κ3) is 4.79. The Balaban J connectivity index is 1.37. The maximum absolute atomic E-state index is 12.6. The molecule has 2 N–H and O–H groups in total. The van der Waals surface area contributed by atoms with Gasteiger partial charge >= 0.3 is 6.03 Å². The molecule has 0 saturated carbocycles. The highest BCUT2D eigenvalue weighted by molar-refractivity contribution is 6.28. The van der Waals surface area contributed by atoms with Crippen molar-refractivity contribution in [2.45, 2.75) is 0 Å². The Morgan fingerprint density at radius 3 is 2.23 bits per heavy atom. The zero-order valence-electron chi connectivity index (χ0n) is 16.4. The Labute approximate surface area is 178 Å². The second-order valence-electron chi connectivity index (χ2n) is 6.74. The summed E-state index contributed by atoms with van der Waals surface area (Å²) >= 11 is 0. The number of rotatable bonds is 6. The molecule has 0 bridgehead atoms. The van der Waals surface area contributed by atoms with Crippen LogP contribution in [-0.4, -0.2) is 24.5 Å². The fraction of sp³-hybridized carbons (Fsp3) is 0.0417. The average Bonchev–Trinajstić information content (AvgIpc) is 3.07. The second-order valence-corrected chi connectivity index (χ2v) is 6.74. The number of ether oxygens (including phenoxy) is 1. The van der Waals surface area contributed by atoms with E-state index in [1.807, 2.05) is 24.3 Å². The predicted octanol–water partition coefficient (Wildman–Crippen LogP) is 3.80. The SMILES string of the molecule is O=C(COc1ccc(/C=C2\NC(=O)N(c3ccccc3)C2=O)cc1)Nc1ccccc1. The molecule has 3 aromatic carbocycles. The fourth-order valence-corrected chi connectivity index (χ4v) is 3.04. The largest absolute Gasteiger partial charge is 0.484 e. The summed E-state index contributed by atoms with van der Waals surface area (Å²) in [6.45, 7) is -0.129. The lowest BCUT2D eigenvalue weighted by atomic mass is 10.2. The first-order valence-corrected chi connectivity index (χ1v) is 9.60. The molecule has 7 heteroatoms. The molecule has 154 valence electrons. The van der Waals surface area contributed by atoms with Gasteiger partial charge in [0.05, 0.1) is 5.69 Å². The van der Waals surface area contributed by atoms with E-state index < -0.39 is 11.9 Å². The van der Waals surface area contributed by atoms with Crippen LogP contribution in [0.1, 0.15) is 5.56 Å². The first-order chi connectivity index (χ1) is 15.1. The van der Waals surface area contributed by atoms with Crippen LogP contribution >= 0.6 is 0 Å². The van der Waals surface area contributed by atoms with Gasteiger partial charge < -0.3 is 15.4 Å². The predicted molar refractivity (Wildman–Crippen MR) is 117 cm³/mol. The third-order valence-corrected chi connectivity index (χ3v) is 4.51. The number of hydrogen-bond donors (Lipinski definition) is 2. The molecule has 0 atom stereocenters. The van der Waals surface area contributed by atoms with Crippen LogP contribution in [0.15, 0.2) is 90.6 Å². The molecule has 4 amide bonds. The van der Waals surface area contributed by atoms with E-state index in [0.717, 1.165) is 4.90 Å². The van der Waals surface area contributed by atoms with Crippen molar-refractivity contribution in [1.29, 1.82) is 0 Å². The normalized spacial score (nSPS) is 14.5. The van der Waals surface area contributed by atoms with Crippen LogP contribution in [0.2, 0.25) is 0 Å². The monoisotopic (exact) mass is 413 g/mol. The van der Waals surface area contributed by atoms with Gasteiger partial charge in [-0.15, -0.1) is 0 Å². The summed E-state index contributed by atoms with van der Waals surface area (Å²) in [5.41, 5.74) is 2.10. The number of nitrogens with one attached hydrogen (secondary N) is 2. The Hall–Kier alpha value is -4.39. The average molecular weight is 413 g/mol. The van der Waals surface area contributed by atoms with Gasteiger partial charge in [-0.2, -0.15) is 0 Å². The lowest BCUT2D eigenvalue weighted by Gasteiger charge is -2.10. The van der Waals surface area contributed by atoms with Crippen molar-refractivity contribution in [2.24, 2.45) is 0 Å². The number of imide groups is 1. The molecule has 1 fully saturated rings. The number of para-hydroxylation sites is 2. The first kappa shape index (κ1) is 19.9. The van der Waals surface area contributed by atoms with Crippen molar-refractivity contribution >= 4 is 35.3 Å². The molecule has 3 aromatic rings. The second kappa shape index (κ2) is 8.96. The highest BCUT2D eigenvalue weighted by atomic mass is 16.5. The van der Waals surface area contributed by atoms with Crippen LogP contribution in [-0.2, 0) is 9.59 Å². The number of urea groups is 1. The van der Waals surface area contributed by atoms with Gasteiger partial charge in [0, 0.05) is 5.69 Å². The quantitative estimate of drug-likeness (QED) is 0.475. The minimum absolute atomic E-state index is 0.129. The van der Waals surface area contributed by atoms with E-state index in [4.69, 9.17) is 4.74 Å². The van der Waals surface area contributed by atoms with Crippen LogP contribution in [0.3, 0.4) is 0 Å². The van der Waals surface area contributed by atoms with Crippen molar-refractivity contribution in [1.82, 2.24) is 5.32 Å². The molecule has 4 rings (SSSR count). The minimum atomic E-state index is -0.494. The summed E-state index contributed by atoms with van der Waals surface area (Å²) in [7, 11) is 0. The summed E-state index contributed by atoms with van der Waals surface area (Å²) in [4.78, 5) is 37.9. The summed E-state index contributed by atoms with van der Waals surface area (Å²) < 4.78 is 5.50. The van der Waals surface area contributed by atoms with E-state index in [9.17, 15) is 14.4 Å².